The maximum absolute atomic E-state index is 11.1. The number of nitrogens with zero attached hydrogens (tertiary/aromatic N) is 1. The van der Waals surface area contributed by atoms with Gasteiger partial charge in [-0.05, 0) is 0 Å². The fraction of sp³-hybridized carbons (Fsp3) is 0.500. The number of carbonyl (C=O) groups is 2. The molecule has 0 rings (SSSR count). The van der Waals surface area contributed by atoms with Crippen LogP contribution < -0.4 is 4.72 Å². The monoisotopic (exact) mass is 290 g/mol. The van der Waals surface area contributed by atoms with Crippen molar-refractivity contribution >= 4 is 42.3 Å². The van der Waals surface area contributed by atoms with Gasteiger partial charge in [0.2, 0.25) is 0 Å². The second-order valence-electron chi connectivity index (χ2n) is 1.79. The zero-order chi connectivity index (χ0) is 9.07. The van der Waals surface area contributed by atoms with Crippen LogP contribution in [0.25, 0.3) is 0 Å². The van der Waals surface area contributed by atoms with Crippen molar-refractivity contribution in [1.29, 1.82) is 0 Å². The molecule has 1 atom stereocenters. The molecular weight excluding hydrogens is 283 g/mol. The van der Waals surface area contributed by atoms with E-state index in [0.717, 1.165) is 0 Å². The third-order valence-corrected chi connectivity index (χ3v) is 2.38. The molecule has 0 radical (unpaired) electrons. The van der Waals surface area contributed by atoms with Gasteiger partial charge in [-0.1, -0.05) is 0 Å². The Morgan fingerprint density at radius 2 is 2.00 bits per heavy atom. The quantitative estimate of drug-likeness (QED) is 0.438. The minimum atomic E-state index is -2.86. The van der Waals surface area contributed by atoms with Gasteiger partial charge in [0, 0.05) is 35.8 Å². The Kier molecular flexibility index (Phi) is 3.93. The van der Waals surface area contributed by atoms with Crippen molar-refractivity contribution in [3.05, 3.63) is 0 Å². The van der Waals surface area contributed by atoms with Gasteiger partial charge in [0.05, 0.1) is 0 Å². The molecule has 0 aromatic heterocycles. The van der Waals surface area contributed by atoms with E-state index in [1.54, 1.807) is 0 Å². The topological polar surface area (TPSA) is 75.6 Å². The Labute approximate surface area is 78.4 Å². The lowest BCUT2D eigenvalue weighted by Gasteiger charge is -2.00. The lowest BCUT2D eigenvalue weighted by molar-refractivity contribution is -0.115. The first-order chi connectivity index (χ1) is 4.83. The third-order valence-electron chi connectivity index (χ3n) is 0.572. The highest BCUT2D eigenvalue weighted by Gasteiger charge is 2.04. The first-order valence-electron chi connectivity index (χ1n) is 2.53. The van der Waals surface area contributed by atoms with Crippen LogP contribution in [0.1, 0.15) is 6.92 Å². The molecule has 0 aliphatic heterocycles. The maximum atomic E-state index is 11.1. The van der Waals surface area contributed by atoms with Crippen molar-refractivity contribution in [2.45, 2.75) is 6.92 Å². The van der Waals surface area contributed by atoms with E-state index in [2.05, 4.69) is 4.36 Å². The zero-order valence-electron chi connectivity index (χ0n) is 5.96. The van der Waals surface area contributed by atoms with Crippen LogP contribution in [0.5, 0.6) is 0 Å². The van der Waals surface area contributed by atoms with Crippen molar-refractivity contribution in [1.82, 2.24) is 4.72 Å². The molecule has 5 nitrogen and oxygen atoms in total. The van der Waals surface area contributed by atoms with Gasteiger partial charge in [-0.15, -0.1) is 4.36 Å². The molecule has 0 aromatic carbocycles. The van der Waals surface area contributed by atoms with E-state index in [9.17, 15) is 13.8 Å². The molecular formula is C4H7IN2O3S. The summed E-state index contributed by atoms with van der Waals surface area (Å²) in [7, 11) is -2.86. The zero-order valence-corrected chi connectivity index (χ0v) is 8.93. The smallest absolute Gasteiger partial charge is 0.272 e. The summed E-state index contributed by atoms with van der Waals surface area (Å²) in [5, 5.41) is 0. The summed E-state index contributed by atoms with van der Waals surface area (Å²) in [4.78, 5) is 20.7. The summed E-state index contributed by atoms with van der Waals surface area (Å²) in [6, 6.07) is 0. The Morgan fingerprint density at radius 3 is 2.27 bits per heavy atom. The number of carbonyl (C=O) groups excluding carboxylic acids is 2. The van der Waals surface area contributed by atoms with Crippen LogP contribution in [-0.4, -0.2) is 20.3 Å². The molecule has 11 heavy (non-hydrogen) atoms. The predicted molar refractivity (Wildman–Crippen MR) is 49.7 cm³/mol. The Balaban J connectivity index is 4.60. The molecule has 0 saturated carbocycles. The second-order valence-corrected chi connectivity index (χ2v) is 4.76. The van der Waals surface area contributed by atoms with E-state index >= 15 is 0 Å². The molecule has 0 aliphatic carbocycles. The number of halogens is 1. The van der Waals surface area contributed by atoms with E-state index < -0.39 is 19.7 Å². The standard InChI is InChI=1S/C4H7IN2O3S/c1-3(8)6-11(2,10)7-4(5)9/h1-2H3,(H,6,7,8,9,10). The van der Waals surface area contributed by atoms with Crippen LogP contribution in [-0.2, 0) is 14.7 Å². The lowest BCUT2D eigenvalue weighted by Crippen LogP contribution is -2.24. The Hall–Kier alpha value is -0.180. The highest BCUT2D eigenvalue weighted by atomic mass is 127. The van der Waals surface area contributed by atoms with Crippen LogP contribution >= 0.6 is 22.6 Å². The van der Waals surface area contributed by atoms with Gasteiger partial charge in [-0.25, -0.2) is 4.21 Å². The summed E-state index contributed by atoms with van der Waals surface area (Å²) in [5.41, 5.74) is 0. The van der Waals surface area contributed by atoms with Crippen LogP contribution in [0.4, 0.5) is 4.79 Å². The number of hydrogen-bond acceptors (Lipinski definition) is 3. The van der Waals surface area contributed by atoms with Crippen molar-refractivity contribution < 1.29 is 13.8 Å². The van der Waals surface area contributed by atoms with Crippen molar-refractivity contribution in [3.63, 3.8) is 0 Å². The third kappa shape index (κ3) is 6.23. The van der Waals surface area contributed by atoms with Gasteiger partial charge in [0.1, 0.15) is 9.92 Å². The lowest BCUT2D eigenvalue weighted by atomic mass is 10.8. The van der Waals surface area contributed by atoms with Gasteiger partial charge < -0.3 is 0 Å². The number of rotatable bonds is 1. The minimum Gasteiger partial charge on any atom is -0.272 e. The maximum Gasteiger partial charge on any atom is 0.292 e. The van der Waals surface area contributed by atoms with Crippen molar-refractivity contribution in [2.75, 3.05) is 6.26 Å². The highest BCUT2D eigenvalue weighted by Crippen LogP contribution is 1.91. The predicted octanol–water partition coefficient (Wildman–Crippen LogP) is 0.690. The summed E-state index contributed by atoms with van der Waals surface area (Å²) in [6.45, 7) is 1.17. The molecule has 64 valence electrons. The van der Waals surface area contributed by atoms with Crippen LogP contribution in [0.3, 0.4) is 0 Å². The SMILES string of the molecule is CC(=O)N=S(C)(=O)NC(=O)I. The summed E-state index contributed by atoms with van der Waals surface area (Å²) < 4.78 is 15.8. The van der Waals surface area contributed by atoms with E-state index in [1.165, 1.54) is 35.8 Å². The molecule has 0 spiro atoms. The van der Waals surface area contributed by atoms with E-state index in [4.69, 9.17) is 0 Å². The van der Waals surface area contributed by atoms with Crippen LogP contribution in [0.15, 0.2) is 4.36 Å². The second kappa shape index (κ2) is 4.00. The summed E-state index contributed by atoms with van der Waals surface area (Å²) in [6.07, 6.45) is 1.19. The molecule has 0 saturated heterocycles. The average Bonchev–Trinajstić information content (AvgIpc) is 1.53. The van der Waals surface area contributed by atoms with E-state index in [0.29, 0.717) is 0 Å². The molecule has 0 heterocycles. The van der Waals surface area contributed by atoms with E-state index in [1.807, 2.05) is 4.72 Å². The van der Waals surface area contributed by atoms with Crippen molar-refractivity contribution in [2.24, 2.45) is 4.36 Å². The number of hydrogen-bond donors (Lipinski definition) is 1. The molecule has 0 aliphatic rings. The molecule has 0 fully saturated rings. The van der Waals surface area contributed by atoms with Gasteiger partial charge in [0.25, 0.3) is 9.82 Å². The van der Waals surface area contributed by atoms with Crippen LogP contribution in [0, 0.1) is 0 Å². The average molecular weight is 290 g/mol. The van der Waals surface area contributed by atoms with Crippen molar-refractivity contribution in [3.8, 4) is 0 Å². The summed E-state index contributed by atoms with van der Waals surface area (Å²) in [5.74, 6) is -0.567. The number of amides is 2. The highest BCUT2D eigenvalue weighted by molar-refractivity contribution is 14.1. The normalized spacial score (nSPS) is 14.8. The molecule has 7 heteroatoms. The molecule has 0 aromatic rings. The van der Waals surface area contributed by atoms with Gasteiger partial charge in [0.15, 0.2) is 0 Å². The largest absolute Gasteiger partial charge is 0.292 e. The Bertz CT molecular complexity index is 292. The van der Waals surface area contributed by atoms with Gasteiger partial charge in [-0.3, -0.25) is 14.3 Å². The summed E-state index contributed by atoms with van der Waals surface area (Å²) >= 11 is 1.41. The molecule has 1 unspecified atom stereocenters. The van der Waals surface area contributed by atoms with Gasteiger partial charge >= 0.3 is 0 Å². The minimum absolute atomic E-state index is 0.500. The fourth-order valence-electron chi connectivity index (χ4n) is 0.417. The molecule has 1 N–H and O–H groups in total. The Morgan fingerprint density at radius 1 is 1.55 bits per heavy atom. The fourth-order valence-corrected chi connectivity index (χ4v) is 2.48. The molecule has 2 amide bonds. The first-order valence-corrected chi connectivity index (χ1v) is 5.53. The molecule has 0 bridgehead atoms. The van der Waals surface area contributed by atoms with Crippen LogP contribution in [0.2, 0.25) is 0 Å². The first kappa shape index (κ1) is 10.8. The van der Waals surface area contributed by atoms with Gasteiger partial charge in [-0.2, -0.15) is 0 Å². The number of nitrogens with one attached hydrogen (secondary N) is 1. The van der Waals surface area contributed by atoms with E-state index in [-0.39, 0.29) is 0 Å².